The highest BCUT2D eigenvalue weighted by molar-refractivity contribution is 7.08. The first-order valence-electron chi connectivity index (χ1n) is 6.79. The summed E-state index contributed by atoms with van der Waals surface area (Å²) in [4.78, 5) is 2.10. The van der Waals surface area contributed by atoms with E-state index in [4.69, 9.17) is 5.73 Å². The van der Waals surface area contributed by atoms with Crippen LogP contribution in [0.2, 0.25) is 0 Å². The smallest absolute Gasteiger partial charge is 0.0558 e. The van der Waals surface area contributed by atoms with Crippen molar-refractivity contribution in [1.29, 1.82) is 0 Å². The SMILES string of the molecule is CC1(N(CCO)CCO)C=C(c2ccsc2)C(N)=CC1. The lowest BCUT2D eigenvalue weighted by molar-refractivity contribution is 0.0909. The van der Waals surface area contributed by atoms with Crippen LogP contribution < -0.4 is 5.73 Å². The Kier molecular flexibility index (Phi) is 4.99. The normalized spacial score (nSPS) is 22.8. The van der Waals surface area contributed by atoms with Crippen LogP contribution >= 0.6 is 11.3 Å². The summed E-state index contributed by atoms with van der Waals surface area (Å²) < 4.78 is 0. The molecule has 1 aromatic heterocycles. The second kappa shape index (κ2) is 6.54. The quantitative estimate of drug-likeness (QED) is 0.742. The third-order valence-corrected chi connectivity index (χ3v) is 4.48. The first-order valence-corrected chi connectivity index (χ1v) is 7.73. The average Bonchev–Trinajstić information content (AvgIpc) is 2.95. The molecule has 1 heterocycles. The number of rotatable bonds is 6. The molecular formula is C15H22N2O2S. The van der Waals surface area contributed by atoms with Gasteiger partial charge in [-0.1, -0.05) is 12.2 Å². The van der Waals surface area contributed by atoms with Crippen LogP contribution in [0.15, 0.2) is 34.7 Å². The lowest BCUT2D eigenvalue weighted by atomic mass is 9.85. The van der Waals surface area contributed by atoms with E-state index in [0.717, 1.165) is 23.3 Å². The number of aliphatic hydroxyl groups excluding tert-OH is 2. The van der Waals surface area contributed by atoms with Crippen LogP contribution in [-0.2, 0) is 0 Å². The van der Waals surface area contributed by atoms with Crippen molar-refractivity contribution in [2.75, 3.05) is 26.3 Å². The van der Waals surface area contributed by atoms with E-state index in [1.165, 1.54) is 0 Å². The van der Waals surface area contributed by atoms with Crippen LogP contribution in [0.1, 0.15) is 18.9 Å². The Bertz CT molecular complexity index is 490. The zero-order chi connectivity index (χ0) is 14.6. The predicted octanol–water partition coefficient (Wildman–Crippen LogP) is 1.42. The van der Waals surface area contributed by atoms with E-state index in [1.54, 1.807) is 11.3 Å². The number of allylic oxidation sites excluding steroid dienone is 1. The number of β-amino-alcohol motifs (C(OH)–C–C–N with tert-alkyl or cyclic N) is 2. The predicted molar refractivity (Wildman–Crippen MR) is 83.3 cm³/mol. The van der Waals surface area contributed by atoms with Gasteiger partial charge in [-0.3, -0.25) is 4.90 Å². The number of nitrogens with zero attached hydrogens (tertiary/aromatic N) is 1. The second-order valence-corrected chi connectivity index (χ2v) is 6.01. The Balaban J connectivity index is 2.32. The van der Waals surface area contributed by atoms with Crippen molar-refractivity contribution in [3.05, 3.63) is 40.2 Å². The highest BCUT2D eigenvalue weighted by Crippen LogP contribution is 2.34. The minimum Gasteiger partial charge on any atom is -0.398 e. The van der Waals surface area contributed by atoms with Gasteiger partial charge in [0, 0.05) is 29.9 Å². The molecule has 2 rings (SSSR count). The summed E-state index contributed by atoms with van der Waals surface area (Å²) in [6.07, 6.45) is 4.98. The summed E-state index contributed by atoms with van der Waals surface area (Å²) in [5, 5.41) is 22.6. The zero-order valence-electron chi connectivity index (χ0n) is 11.7. The fourth-order valence-corrected chi connectivity index (χ4v) is 3.29. The Labute approximate surface area is 123 Å². The second-order valence-electron chi connectivity index (χ2n) is 5.23. The molecule has 4 N–H and O–H groups in total. The molecule has 0 saturated heterocycles. The monoisotopic (exact) mass is 294 g/mol. The first kappa shape index (κ1) is 15.3. The third kappa shape index (κ3) is 3.12. The van der Waals surface area contributed by atoms with Crippen LogP contribution in [0.5, 0.6) is 0 Å². The molecule has 0 aliphatic heterocycles. The Morgan fingerprint density at radius 3 is 2.60 bits per heavy atom. The fourth-order valence-electron chi connectivity index (χ4n) is 2.63. The summed E-state index contributed by atoms with van der Waals surface area (Å²) in [5.74, 6) is 0. The molecule has 20 heavy (non-hydrogen) atoms. The van der Waals surface area contributed by atoms with E-state index in [-0.39, 0.29) is 18.8 Å². The minimum absolute atomic E-state index is 0.0798. The zero-order valence-corrected chi connectivity index (χ0v) is 12.6. The number of nitrogens with two attached hydrogens (primary N) is 1. The minimum atomic E-state index is -0.231. The van der Waals surface area contributed by atoms with Gasteiger partial charge in [0.25, 0.3) is 0 Å². The molecule has 0 aromatic carbocycles. The molecule has 1 aliphatic rings. The van der Waals surface area contributed by atoms with Crippen molar-refractivity contribution >= 4 is 16.9 Å². The standard InChI is InChI=1S/C15H22N2O2S/c1-15(17(5-7-18)6-8-19)4-2-14(16)13(10-15)12-3-9-20-11-12/h2-3,9-11,18-19H,4-8,16H2,1H3. The maximum atomic E-state index is 9.23. The molecule has 0 radical (unpaired) electrons. The van der Waals surface area contributed by atoms with Gasteiger partial charge in [-0.05, 0) is 35.7 Å². The van der Waals surface area contributed by atoms with Crippen molar-refractivity contribution in [3.8, 4) is 0 Å². The fraction of sp³-hybridized carbons (Fsp3) is 0.467. The van der Waals surface area contributed by atoms with Gasteiger partial charge in [0.05, 0.1) is 13.2 Å². The van der Waals surface area contributed by atoms with Gasteiger partial charge < -0.3 is 15.9 Å². The van der Waals surface area contributed by atoms with Gasteiger partial charge in [0.15, 0.2) is 0 Å². The molecule has 1 aromatic rings. The summed E-state index contributed by atoms with van der Waals surface area (Å²) in [5.41, 5.74) is 8.86. The van der Waals surface area contributed by atoms with Crippen LogP contribution in [0, 0.1) is 0 Å². The Hall–Kier alpha value is -1.14. The van der Waals surface area contributed by atoms with Crippen LogP contribution in [-0.4, -0.2) is 47.0 Å². The van der Waals surface area contributed by atoms with E-state index in [9.17, 15) is 10.2 Å². The van der Waals surface area contributed by atoms with Gasteiger partial charge >= 0.3 is 0 Å². The van der Waals surface area contributed by atoms with Crippen molar-refractivity contribution in [2.45, 2.75) is 18.9 Å². The first-order chi connectivity index (χ1) is 9.60. The van der Waals surface area contributed by atoms with Gasteiger partial charge in [-0.25, -0.2) is 0 Å². The molecule has 5 heteroatoms. The van der Waals surface area contributed by atoms with Crippen molar-refractivity contribution < 1.29 is 10.2 Å². The lowest BCUT2D eigenvalue weighted by Gasteiger charge is -2.40. The molecule has 1 unspecified atom stereocenters. The van der Waals surface area contributed by atoms with Gasteiger partial charge in [-0.15, -0.1) is 0 Å². The molecule has 0 saturated carbocycles. The highest BCUT2D eigenvalue weighted by Gasteiger charge is 2.31. The summed E-state index contributed by atoms with van der Waals surface area (Å²) in [6, 6.07) is 2.06. The maximum Gasteiger partial charge on any atom is 0.0558 e. The molecule has 1 aliphatic carbocycles. The molecule has 0 amide bonds. The van der Waals surface area contributed by atoms with Gasteiger partial charge in [-0.2, -0.15) is 11.3 Å². The largest absolute Gasteiger partial charge is 0.398 e. The van der Waals surface area contributed by atoms with Crippen LogP contribution in [0.4, 0.5) is 0 Å². The van der Waals surface area contributed by atoms with E-state index in [0.29, 0.717) is 13.1 Å². The van der Waals surface area contributed by atoms with Gasteiger partial charge in [0.2, 0.25) is 0 Å². The third-order valence-electron chi connectivity index (χ3n) is 3.80. The summed E-state index contributed by atoms with van der Waals surface area (Å²) >= 11 is 1.65. The lowest BCUT2D eigenvalue weighted by Crippen LogP contribution is -2.48. The topological polar surface area (TPSA) is 69.7 Å². The van der Waals surface area contributed by atoms with E-state index in [2.05, 4.69) is 29.3 Å². The van der Waals surface area contributed by atoms with E-state index < -0.39 is 0 Å². The molecule has 0 fully saturated rings. The highest BCUT2D eigenvalue weighted by atomic mass is 32.1. The van der Waals surface area contributed by atoms with Crippen molar-refractivity contribution in [2.24, 2.45) is 5.73 Å². The molecule has 4 nitrogen and oxygen atoms in total. The summed E-state index contributed by atoms with van der Waals surface area (Å²) in [6.45, 7) is 3.36. The Morgan fingerprint density at radius 1 is 1.35 bits per heavy atom. The van der Waals surface area contributed by atoms with Crippen molar-refractivity contribution in [3.63, 3.8) is 0 Å². The number of hydrogen-bond donors (Lipinski definition) is 3. The average molecular weight is 294 g/mol. The summed E-state index contributed by atoms with van der Waals surface area (Å²) in [7, 11) is 0. The van der Waals surface area contributed by atoms with E-state index >= 15 is 0 Å². The van der Waals surface area contributed by atoms with Crippen molar-refractivity contribution in [1.82, 2.24) is 4.90 Å². The molecular weight excluding hydrogens is 272 g/mol. The number of thiophene rings is 1. The molecule has 0 bridgehead atoms. The molecule has 1 atom stereocenters. The number of aliphatic hydroxyl groups is 2. The maximum absolute atomic E-state index is 9.23. The van der Waals surface area contributed by atoms with Crippen LogP contribution in [0.3, 0.4) is 0 Å². The van der Waals surface area contributed by atoms with E-state index in [1.807, 2.05) is 11.5 Å². The number of hydrogen-bond acceptors (Lipinski definition) is 5. The van der Waals surface area contributed by atoms with Crippen LogP contribution in [0.25, 0.3) is 5.57 Å². The Morgan fingerprint density at radius 2 is 2.05 bits per heavy atom. The van der Waals surface area contributed by atoms with Gasteiger partial charge in [0.1, 0.15) is 0 Å². The molecule has 110 valence electrons. The molecule has 0 spiro atoms.